The zero-order chi connectivity index (χ0) is 27.3. The number of nitrogens with one attached hydrogen (secondary N) is 2. The fourth-order valence-electron chi connectivity index (χ4n) is 3.85. The van der Waals surface area contributed by atoms with Crippen molar-refractivity contribution in [3.05, 3.63) is 70.2 Å². The van der Waals surface area contributed by atoms with Gasteiger partial charge in [0.05, 0.1) is 17.3 Å². The highest BCUT2D eigenvalue weighted by molar-refractivity contribution is 7.92. The minimum absolute atomic E-state index is 0.00920. The number of hydrogen-bond donors (Lipinski definition) is 3. The average Bonchev–Trinajstić information content (AvgIpc) is 2.80. The molecule has 1 heterocycles. The second-order valence-electron chi connectivity index (χ2n) is 9.82. The van der Waals surface area contributed by atoms with Crippen LogP contribution in [0.2, 0.25) is 5.02 Å². The molecule has 0 aliphatic carbocycles. The summed E-state index contributed by atoms with van der Waals surface area (Å²) in [5, 5.41) is 12.6. The molecule has 3 aromatic carbocycles. The Kier molecular flexibility index (Phi) is 6.85. The maximum Gasteiger partial charge on any atom is 0.265 e. The van der Waals surface area contributed by atoms with Gasteiger partial charge in [0.1, 0.15) is 28.4 Å². The third-order valence-electron chi connectivity index (χ3n) is 5.90. The predicted octanol–water partition coefficient (Wildman–Crippen LogP) is 5.60. The Morgan fingerprint density at radius 2 is 1.76 bits per heavy atom. The number of ether oxygens (including phenoxy) is 1. The van der Waals surface area contributed by atoms with E-state index < -0.39 is 55.0 Å². The molecule has 7 nitrogen and oxygen atoms in total. The largest absolute Gasteiger partial charge is 0.505 e. The van der Waals surface area contributed by atoms with Gasteiger partial charge >= 0.3 is 0 Å². The van der Waals surface area contributed by atoms with Gasteiger partial charge in [0.15, 0.2) is 5.75 Å². The molecule has 196 valence electrons. The number of carbonyl (C=O) groups excluding carboxylic acids is 1. The van der Waals surface area contributed by atoms with E-state index in [2.05, 4.69) is 5.32 Å². The first kappa shape index (κ1) is 26.7. The lowest BCUT2D eigenvalue weighted by molar-refractivity contribution is 0.0932. The lowest BCUT2D eigenvalue weighted by Crippen LogP contribution is -2.33. The van der Waals surface area contributed by atoms with Crippen LogP contribution in [0.1, 0.15) is 43.6 Å². The SMILES string of the molecule is C[C@H]1CNC(=O)c2cc(Cl)c(O)c(c2)S(=O)(=O)Nc2cc(c(F)cc2F)-c2cc(C(C)(C)C)ccc2O1. The Balaban J connectivity index is 1.98. The van der Waals surface area contributed by atoms with Crippen molar-refractivity contribution in [2.75, 3.05) is 11.3 Å². The first-order chi connectivity index (χ1) is 17.2. The molecule has 1 atom stereocenters. The molecule has 0 unspecified atom stereocenters. The molecule has 0 spiro atoms. The van der Waals surface area contributed by atoms with E-state index in [0.717, 1.165) is 23.8 Å². The molecule has 4 bridgehead atoms. The van der Waals surface area contributed by atoms with Crippen LogP contribution in [-0.4, -0.2) is 32.1 Å². The van der Waals surface area contributed by atoms with Gasteiger partial charge in [-0.05, 0) is 48.2 Å². The van der Waals surface area contributed by atoms with Crippen molar-refractivity contribution in [1.29, 1.82) is 0 Å². The van der Waals surface area contributed by atoms with Gasteiger partial charge in [0.25, 0.3) is 15.9 Å². The molecule has 3 aromatic rings. The zero-order valence-corrected chi connectivity index (χ0v) is 22.0. The number of aromatic hydroxyl groups is 1. The standard InChI is InChI=1S/C26H25ClF2N2O5S/c1-13-12-30-25(33)14-7-18(27)24(32)23(8-14)37(34,35)31-21-10-16(19(28)11-20(21)29)17-9-15(26(2,3)4)5-6-22(17)36-13/h5-11,13,31-32H,12H2,1-4H3,(H,30,33)/t13-/m0/s1. The number of anilines is 1. The van der Waals surface area contributed by atoms with Gasteiger partial charge in [0, 0.05) is 22.8 Å². The van der Waals surface area contributed by atoms with Crippen LogP contribution in [0.5, 0.6) is 11.5 Å². The summed E-state index contributed by atoms with van der Waals surface area (Å²) < 4.78 is 64.4. The summed E-state index contributed by atoms with van der Waals surface area (Å²) in [6.07, 6.45) is -0.592. The van der Waals surface area contributed by atoms with E-state index in [1.165, 1.54) is 0 Å². The molecule has 11 heteroatoms. The van der Waals surface area contributed by atoms with Crippen molar-refractivity contribution >= 4 is 33.2 Å². The Morgan fingerprint density at radius 3 is 2.43 bits per heavy atom. The molecule has 1 amide bonds. The van der Waals surface area contributed by atoms with Crippen molar-refractivity contribution in [3.63, 3.8) is 0 Å². The summed E-state index contributed by atoms with van der Waals surface area (Å²) in [4.78, 5) is 12.0. The number of halogens is 3. The van der Waals surface area contributed by atoms with Gasteiger partial charge in [-0.25, -0.2) is 17.2 Å². The van der Waals surface area contributed by atoms with Crippen LogP contribution in [0.15, 0.2) is 47.4 Å². The van der Waals surface area contributed by atoms with Gasteiger partial charge in [-0.15, -0.1) is 0 Å². The Labute approximate surface area is 218 Å². The molecule has 37 heavy (non-hydrogen) atoms. The van der Waals surface area contributed by atoms with E-state index in [1.54, 1.807) is 19.1 Å². The monoisotopic (exact) mass is 550 g/mol. The molecule has 3 N–H and O–H groups in total. The van der Waals surface area contributed by atoms with Crippen LogP contribution in [0, 0.1) is 11.6 Å². The number of fused-ring (bicyclic) bond motifs is 6. The number of rotatable bonds is 0. The van der Waals surface area contributed by atoms with E-state index >= 15 is 4.39 Å². The third kappa shape index (κ3) is 5.35. The molecule has 0 saturated heterocycles. The van der Waals surface area contributed by atoms with Crippen molar-refractivity contribution in [2.45, 2.75) is 44.1 Å². The number of hydrogen-bond acceptors (Lipinski definition) is 5. The van der Waals surface area contributed by atoms with Crippen molar-refractivity contribution in [2.24, 2.45) is 0 Å². The normalized spacial score (nSPS) is 17.4. The maximum atomic E-state index is 15.2. The topological polar surface area (TPSA) is 105 Å². The molecule has 4 rings (SSSR count). The molecule has 0 fully saturated rings. The van der Waals surface area contributed by atoms with E-state index in [9.17, 15) is 22.7 Å². The van der Waals surface area contributed by atoms with Crippen LogP contribution >= 0.6 is 11.6 Å². The molecule has 1 aliphatic rings. The number of amides is 1. The average molecular weight is 551 g/mol. The maximum absolute atomic E-state index is 15.2. The number of sulfonamides is 1. The Morgan fingerprint density at radius 1 is 1.05 bits per heavy atom. The third-order valence-corrected chi connectivity index (χ3v) is 7.56. The Bertz CT molecular complexity index is 1520. The molecule has 0 aromatic heterocycles. The predicted molar refractivity (Wildman–Crippen MR) is 137 cm³/mol. The highest BCUT2D eigenvalue weighted by Crippen LogP contribution is 2.40. The quantitative estimate of drug-likeness (QED) is 0.338. The smallest absolute Gasteiger partial charge is 0.265 e. The summed E-state index contributed by atoms with van der Waals surface area (Å²) in [5.41, 5.74) is -0.0622. The van der Waals surface area contributed by atoms with E-state index in [4.69, 9.17) is 16.3 Å². The number of benzene rings is 3. The highest BCUT2D eigenvalue weighted by atomic mass is 35.5. The fourth-order valence-corrected chi connectivity index (χ4v) is 5.33. The van der Waals surface area contributed by atoms with E-state index in [0.29, 0.717) is 6.07 Å². The molecular formula is C26H25ClF2N2O5S. The Hall–Kier alpha value is -3.37. The van der Waals surface area contributed by atoms with Crippen molar-refractivity contribution in [3.8, 4) is 22.6 Å². The van der Waals surface area contributed by atoms with Gasteiger partial charge in [-0.1, -0.05) is 38.4 Å². The van der Waals surface area contributed by atoms with E-state index in [1.807, 2.05) is 31.6 Å². The number of phenolic OH excluding ortho intramolecular Hbond substituents is 1. The van der Waals surface area contributed by atoms with Crippen molar-refractivity contribution < 1.29 is 31.8 Å². The van der Waals surface area contributed by atoms with Crippen LogP contribution in [-0.2, 0) is 15.4 Å². The van der Waals surface area contributed by atoms with Gasteiger partial charge < -0.3 is 15.2 Å². The lowest BCUT2D eigenvalue weighted by atomic mass is 9.85. The summed E-state index contributed by atoms with van der Waals surface area (Å²) in [6.45, 7) is 7.59. The summed E-state index contributed by atoms with van der Waals surface area (Å²) in [6, 6.07) is 8.77. The number of carbonyl (C=O) groups is 1. The van der Waals surface area contributed by atoms with Crippen LogP contribution < -0.4 is 14.8 Å². The number of phenols is 1. The molecular weight excluding hydrogens is 526 g/mol. The highest BCUT2D eigenvalue weighted by Gasteiger charge is 2.27. The molecule has 1 aliphatic heterocycles. The minimum Gasteiger partial charge on any atom is -0.505 e. The van der Waals surface area contributed by atoms with Gasteiger partial charge in [-0.3, -0.25) is 9.52 Å². The summed E-state index contributed by atoms with van der Waals surface area (Å²) >= 11 is 5.99. The van der Waals surface area contributed by atoms with Crippen LogP contribution in [0.25, 0.3) is 11.1 Å². The second kappa shape index (κ2) is 9.50. The lowest BCUT2D eigenvalue weighted by Gasteiger charge is -2.23. The summed E-state index contributed by atoms with van der Waals surface area (Å²) in [7, 11) is -4.67. The van der Waals surface area contributed by atoms with Crippen LogP contribution in [0.3, 0.4) is 0 Å². The first-order valence-corrected chi connectivity index (χ1v) is 13.2. The van der Waals surface area contributed by atoms with Crippen LogP contribution in [0.4, 0.5) is 14.5 Å². The fraction of sp³-hybridized carbons (Fsp3) is 0.269. The first-order valence-electron chi connectivity index (χ1n) is 11.3. The molecule has 0 radical (unpaired) electrons. The summed E-state index contributed by atoms with van der Waals surface area (Å²) in [5.74, 6) is -3.37. The zero-order valence-electron chi connectivity index (χ0n) is 20.4. The van der Waals surface area contributed by atoms with Gasteiger partial charge in [0.2, 0.25) is 0 Å². The molecule has 0 saturated carbocycles. The van der Waals surface area contributed by atoms with E-state index in [-0.39, 0.29) is 34.4 Å². The van der Waals surface area contributed by atoms with Gasteiger partial charge in [-0.2, -0.15) is 0 Å². The second-order valence-corrected chi connectivity index (χ2v) is 11.9. The minimum atomic E-state index is -4.67. The van der Waals surface area contributed by atoms with Crippen molar-refractivity contribution in [1.82, 2.24) is 5.32 Å².